The summed E-state index contributed by atoms with van der Waals surface area (Å²) in [5.41, 5.74) is 18.7. The summed E-state index contributed by atoms with van der Waals surface area (Å²) in [6.07, 6.45) is 2.82. The van der Waals surface area contributed by atoms with Crippen molar-refractivity contribution in [3.8, 4) is 5.75 Å². The van der Waals surface area contributed by atoms with Gasteiger partial charge in [0.15, 0.2) is 5.96 Å². The number of aryl methyl sites for hydroxylation is 1. The van der Waals surface area contributed by atoms with E-state index < -0.39 is 0 Å². The van der Waals surface area contributed by atoms with Gasteiger partial charge in [-0.2, -0.15) is 0 Å². The van der Waals surface area contributed by atoms with Crippen molar-refractivity contribution in [2.75, 3.05) is 31.1 Å². The van der Waals surface area contributed by atoms with E-state index in [1.165, 1.54) is 12.1 Å². The van der Waals surface area contributed by atoms with Crippen LogP contribution in [0.3, 0.4) is 0 Å². The summed E-state index contributed by atoms with van der Waals surface area (Å²) in [5.74, 6) is 0.335. The number of aromatic nitrogens is 1. The van der Waals surface area contributed by atoms with E-state index in [-0.39, 0.29) is 42.6 Å². The smallest absolute Gasteiger partial charge is 0.255 e. The van der Waals surface area contributed by atoms with E-state index >= 15 is 4.39 Å². The van der Waals surface area contributed by atoms with Gasteiger partial charge in [0.05, 0.1) is 17.7 Å². The number of guanidine groups is 1. The number of hydrogen-bond donors (Lipinski definition) is 3. The molecule has 0 spiro atoms. The maximum atomic E-state index is 15.4. The molecule has 1 saturated carbocycles. The molecule has 6 N–H and O–H groups in total. The predicted molar refractivity (Wildman–Crippen MR) is 121 cm³/mol. The van der Waals surface area contributed by atoms with Crippen LogP contribution in [0.15, 0.2) is 21.9 Å². The minimum absolute atomic E-state index is 0.0279. The van der Waals surface area contributed by atoms with Gasteiger partial charge in [0.25, 0.3) is 5.56 Å². The van der Waals surface area contributed by atoms with Crippen molar-refractivity contribution in [2.24, 2.45) is 28.1 Å². The molecular formula is C22H31FN6O2. The van der Waals surface area contributed by atoms with Gasteiger partial charge in [-0.05, 0) is 50.7 Å². The van der Waals surface area contributed by atoms with Crippen LogP contribution in [0.25, 0.3) is 10.9 Å². The van der Waals surface area contributed by atoms with Crippen LogP contribution in [0.1, 0.15) is 37.8 Å². The van der Waals surface area contributed by atoms with Crippen molar-refractivity contribution in [1.29, 1.82) is 0 Å². The number of nitrogens with two attached hydrogens (primary N) is 3. The van der Waals surface area contributed by atoms with E-state index in [9.17, 15) is 4.79 Å². The molecule has 31 heavy (non-hydrogen) atoms. The Morgan fingerprint density at radius 3 is 2.68 bits per heavy atom. The first kappa shape index (κ1) is 21.4. The largest absolute Gasteiger partial charge is 0.491 e. The van der Waals surface area contributed by atoms with Crippen molar-refractivity contribution in [1.82, 2.24) is 4.57 Å². The first-order valence-electron chi connectivity index (χ1n) is 10.8. The number of aliphatic imine (C=N–C) groups is 1. The molecular weight excluding hydrogens is 399 g/mol. The zero-order chi connectivity index (χ0) is 22.3. The molecule has 2 aromatic rings. The number of halogens is 1. The highest BCUT2D eigenvalue weighted by Crippen LogP contribution is 2.42. The first-order valence-corrected chi connectivity index (χ1v) is 10.8. The third-order valence-corrected chi connectivity index (χ3v) is 6.30. The Morgan fingerprint density at radius 1 is 1.32 bits per heavy atom. The standard InChI is InChI=1S/C22H31FN6O2/c1-12-20-16(9-17(23)21(12)28-7-5-14(11-28)13(2)24)18(31-8-6-27-22(25)26)10-19(30)29(20)15-3-4-15/h9-10,13-15H,3-8,11,24H2,1-2H3,(H4,25,26,27)/t13-,14?/m0/s1. The normalized spacial score (nSPS) is 19.6. The number of hydrogen-bond acceptors (Lipinski definition) is 5. The third kappa shape index (κ3) is 4.19. The molecule has 1 saturated heterocycles. The quantitative estimate of drug-likeness (QED) is 0.348. The molecule has 9 heteroatoms. The van der Waals surface area contributed by atoms with Crippen LogP contribution in [0, 0.1) is 18.7 Å². The van der Waals surface area contributed by atoms with Crippen molar-refractivity contribution >= 4 is 22.5 Å². The summed E-state index contributed by atoms with van der Waals surface area (Å²) < 4.78 is 23.0. The van der Waals surface area contributed by atoms with Crippen molar-refractivity contribution in [3.05, 3.63) is 33.9 Å². The Morgan fingerprint density at radius 2 is 2.06 bits per heavy atom. The molecule has 2 atom stereocenters. The van der Waals surface area contributed by atoms with Gasteiger partial charge in [0.2, 0.25) is 0 Å². The molecule has 2 aliphatic rings. The van der Waals surface area contributed by atoms with Crippen molar-refractivity contribution in [3.63, 3.8) is 0 Å². The average molecular weight is 431 g/mol. The van der Waals surface area contributed by atoms with Crippen molar-refractivity contribution in [2.45, 2.75) is 45.2 Å². The second kappa shape index (κ2) is 8.37. The summed E-state index contributed by atoms with van der Waals surface area (Å²) >= 11 is 0. The van der Waals surface area contributed by atoms with Crippen LogP contribution in [-0.2, 0) is 0 Å². The average Bonchev–Trinajstić information content (AvgIpc) is 3.41. The number of pyridine rings is 1. The molecule has 4 rings (SSSR count). The lowest BCUT2D eigenvalue weighted by molar-refractivity contribution is 0.331. The lowest BCUT2D eigenvalue weighted by Gasteiger charge is -2.25. The topological polar surface area (TPSA) is 125 Å². The monoisotopic (exact) mass is 430 g/mol. The highest BCUT2D eigenvalue weighted by atomic mass is 19.1. The Bertz CT molecular complexity index is 1070. The van der Waals surface area contributed by atoms with Gasteiger partial charge in [0, 0.05) is 36.6 Å². The number of nitrogens with zero attached hydrogens (tertiary/aromatic N) is 3. The van der Waals surface area contributed by atoms with E-state index in [0.717, 1.165) is 36.9 Å². The summed E-state index contributed by atoms with van der Waals surface area (Å²) in [5, 5.41) is 0.595. The van der Waals surface area contributed by atoms with Crippen LogP contribution < -0.4 is 32.4 Å². The fraction of sp³-hybridized carbons (Fsp3) is 0.545. The first-order chi connectivity index (χ1) is 14.8. The zero-order valence-electron chi connectivity index (χ0n) is 18.1. The second-order valence-corrected chi connectivity index (χ2v) is 8.69. The van der Waals surface area contributed by atoms with Gasteiger partial charge in [0.1, 0.15) is 18.2 Å². The summed E-state index contributed by atoms with van der Waals surface area (Å²) in [7, 11) is 0. The minimum atomic E-state index is -0.314. The molecule has 1 aromatic heterocycles. The fourth-order valence-corrected chi connectivity index (χ4v) is 4.58. The Balaban J connectivity index is 1.80. The fourth-order valence-electron chi connectivity index (χ4n) is 4.58. The van der Waals surface area contributed by atoms with E-state index in [1.807, 2.05) is 13.8 Å². The van der Waals surface area contributed by atoms with Crippen LogP contribution in [0.4, 0.5) is 10.1 Å². The van der Waals surface area contributed by atoms with E-state index in [4.69, 9.17) is 21.9 Å². The number of fused-ring (bicyclic) bond motifs is 1. The molecule has 168 valence electrons. The highest BCUT2D eigenvalue weighted by molar-refractivity contribution is 5.92. The summed E-state index contributed by atoms with van der Waals surface area (Å²) in [6.45, 7) is 5.78. The number of rotatable bonds is 7. The van der Waals surface area contributed by atoms with Gasteiger partial charge in [-0.1, -0.05) is 0 Å². The lowest BCUT2D eigenvalue weighted by atomic mass is 10.0. The number of benzene rings is 1. The summed E-state index contributed by atoms with van der Waals surface area (Å²) in [6, 6.07) is 3.14. The SMILES string of the molecule is Cc1c(N2CCC([C@H](C)N)C2)c(F)cc2c(OCCN=C(N)N)cc(=O)n(C3CC3)c12. The molecule has 1 aromatic carbocycles. The van der Waals surface area contributed by atoms with Crippen LogP contribution in [0.5, 0.6) is 5.75 Å². The lowest BCUT2D eigenvalue weighted by Crippen LogP contribution is -2.30. The molecule has 2 heterocycles. The number of anilines is 1. The molecule has 0 amide bonds. The Hall–Kier alpha value is -2.81. The molecule has 2 fully saturated rings. The molecule has 1 aliphatic carbocycles. The number of ether oxygens (including phenoxy) is 1. The minimum Gasteiger partial charge on any atom is -0.491 e. The molecule has 0 bridgehead atoms. The van der Waals surface area contributed by atoms with Gasteiger partial charge in [-0.3, -0.25) is 9.79 Å². The predicted octanol–water partition coefficient (Wildman–Crippen LogP) is 1.61. The highest BCUT2D eigenvalue weighted by Gasteiger charge is 2.32. The zero-order valence-corrected chi connectivity index (χ0v) is 18.1. The van der Waals surface area contributed by atoms with Gasteiger partial charge in [-0.25, -0.2) is 4.39 Å². The second-order valence-electron chi connectivity index (χ2n) is 8.69. The van der Waals surface area contributed by atoms with Gasteiger partial charge >= 0.3 is 0 Å². The maximum Gasteiger partial charge on any atom is 0.255 e. The molecule has 8 nitrogen and oxygen atoms in total. The maximum absolute atomic E-state index is 15.4. The molecule has 0 radical (unpaired) electrons. The van der Waals surface area contributed by atoms with Crippen LogP contribution in [0.2, 0.25) is 0 Å². The Kier molecular flexibility index (Phi) is 5.79. The van der Waals surface area contributed by atoms with Gasteiger partial charge in [-0.15, -0.1) is 0 Å². The van der Waals surface area contributed by atoms with Crippen molar-refractivity contribution < 1.29 is 9.13 Å². The van der Waals surface area contributed by atoms with Gasteiger partial charge < -0.3 is 31.4 Å². The van der Waals surface area contributed by atoms with Crippen LogP contribution >= 0.6 is 0 Å². The Labute approximate surface area is 180 Å². The molecule has 1 aliphatic heterocycles. The van der Waals surface area contributed by atoms with E-state index in [1.54, 1.807) is 4.57 Å². The third-order valence-electron chi connectivity index (χ3n) is 6.30. The molecule has 1 unspecified atom stereocenters. The summed E-state index contributed by atoms with van der Waals surface area (Å²) in [4.78, 5) is 18.9. The van der Waals surface area contributed by atoms with E-state index in [2.05, 4.69) is 9.89 Å². The van der Waals surface area contributed by atoms with E-state index in [0.29, 0.717) is 29.3 Å². The van der Waals surface area contributed by atoms with Crippen LogP contribution in [-0.4, -0.2) is 42.8 Å².